The molecule has 2 aromatic heterocycles. The van der Waals surface area contributed by atoms with Crippen molar-refractivity contribution in [3.8, 4) is 0 Å². The molecule has 0 N–H and O–H groups in total. The summed E-state index contributed by atoms with van der Waals surface area (Å²) < 4.78 is 15.9. The minimum Gasteiger partial charge on any atom is -0.469 e. The number of ether oxygens (including phenoxy) is 2. The van der Waals surface area contributed by atoms with E-state index in [2.05, 4.69) is 28.6 Å². The smallest absolute Gasteiger partial charge is 0.351 e. The van der Waals surface area contributed by atoms with E-state index in [9.17, 15) is 19.2 Å². The lowest BCUT2D eigenvalue weighted by Crippen LogP contribution is -2.09. The number of hydrogen-bond acceptors (Lipinski definition) is 12. The van der Waals surface area contributed by atoms with E-state index in [0.29, 0.717) is 12.6 Å². The maximum Gasteiger partial charge on any atom is 0.351 e. The van der Waals surface area contributed by atoms with E-state index in [-0.39, 0.29) is 27.6 Å². The highest BCUT2D eigenvalue weighted by atomic mass is 32.1. The molecule has 0 unspecified atom stereocenters. The molecule has 2 aromatic rings. The summed E-state index contributed by atoms with van der Waals surface area (Å²) in [6.45, 7) is 0. The van der Waals surface area contributed by atoms with Crippen LogP contribution in [0, 0.1) is 0 Å². The van der Waals surface area contributed by atoms with Crippen molar-refractivity contribution in [1.82, 2.24) is 19.2 Å². The molecule has 10 nitrogen and oxygen atoms in total. The first-order chi connectivity index (χ1) is 11.1. The van der Waals surface area contributed by atoms with Crippen LogP contribution in [-0.2, 0) is 20.7 Å². The fourth-order valence-corrected chi connectivity index (χ4v) is 2.19. The summed E-state index contributed by atoms with van der Waals surface area (Å²) in [5.74, 6) is -1.01. The Hall–Kier alpha value is -2.60. The van der Waals surface area contributed by atoms with Gasteiger partial charge in [-0.15, -0.1) is 10.2 Å². The Morgan fingerprint density at radius 2 is 1.74 bits per heavy atom. The molecule has 0 aromatic carbocycles. The highest BCUT2D eigenvalue weighted by Gasteiger charge is 2.19. The Labute approximate surface area is 137 Å². The van der Waals surface area contributed by atoms with Crippen LogP contribution in [-0.4, -0.2) is 57.9 Å². The number of rotatable bonds is 5. The van der Waals surface area contributed by atoms with Crippen LogP contribution in [0.25, 0.3) is 0 Å². The van der Waals surface area contributed by atoms with Crippen molar-refractivity contribution in [3.63, 3.8) is 0 Å². The minimum absolute atomic E-state index is 0.0720. The van der Waals surface area contributed by atoms with E-state index in [1.54, 1.807) is 0 Å². The lowest BCUT2D eigenvalue weighted by Gasteiger charge is -1.97. The molecule has 0 spiro atoms. The number of carbonyl (C=O) groups is 4. The van der Waals surface area contributed by atoms with E-state index >= 15 is 0 Å². The molecule has 122 valence electrons. The quantitative estimate of drug-likeness (QED) is 0.538. The maximum atomic E-state index is 11.1. The van der Waals surface area contributed by atoms with Gasteiger partial charge in [-0.2, -0.15) is 0 Å². The van der Waals surface area contributed by atoms with Crippen molar-refractivity contribution in [3.05, 3.63) is 21.1 Å². The van der Waals surface area contributed by atoms with E-state index in [1.807, 2.05) is 0 Å². The van der Waals surface area contributed by atoms with Crippen LogP contribution >= 0.6 is 23.1 Å². The standard InChI is InChI=1S/C7H8N2O4S.C4H2N2O2S/c1-12-5(10)3-4-6(7(11)13-2)14-9-8-4;7-1-3-4(2-8)9-6-5-3/h3H2,1-2H3;1-2H. The first kappa shape index (κ1) is 18.4. The van der Waals surface area contributed by atoms with Gasteiger partial charge in [0, 0.05) is 0 Å². The Kier molecular flexibility index (Phi) is 7.56. The Bertz CT molecular complexity index is 676. The molecule has 0 radical (unpaired) electrons. The van der Waals surface area contributed by atoms with Crippen LogP contribution in [0.4, 0.5) is 0 Å². The predicted octanol–water partition coefficient (Wildman–Crippen LogP) is 0.203. The van der Waals surface area contributed by atoms with Gasteiger partial charge < -0.3 is 9.47 Å². The molecular weight excluding hydrogens is 348 g/mol. The molecule has 0 amide bonds. The van der Waals surface area contributed by atoms with Crippen LogP contribution in [0.5, 0.6) is 0 Å². The number of carbonyl (C=O) groups excluding carboxylic acids is 4. The highest BCUT2D eigenvalue weighted by molar-refractivity contribution is 7.08. The van der Waals surface area contributed by atoms with Crippen LogP contribution in [0.3, 0.4) is 0 Å². The Morgan fingerprint density at radius 1 is 1.04 bits per heavy atom. The molecule has 0 saturated heterocycles. The summed E-state index contributed by atoms with van der Waals surface area (Å²) in [6.07, 6.45) is 0.999. The monoisotopic (exact) mass is 358 g/mol. The molecule has 12 heteroatoms. The zero-order chi connectivity index (χ0) is 17.2. The van der Waals surface area contributed by atoms with Crippen molar-refractivity contribution >= 4 is 47.6 Å². The fraction of sp³-hybridized carbons (Fsp3) is 0.273. The lowest BCUT2D eigenvalue weighted by atomic mass is 10.3. The van der Waals surface area contributed by atoms with Crippen LogP contribution in [0.1, 0.15) is 35.5 Å². The van der Waals surface area contributed by atoms with Crippen LogP contribution in [0.15, 0.2) is 0 Å². The molecule has 0 aliphatic carbocycles. The van der Waals surface area contributed by atoms with Gasteiger partial charge in [0.25, 0.3) is 0 Å². The van der Waals surface area contributed by atoms with Gasteiger partial charge in [-0.25, -0.2) is 4.79 Å². The average Bonchev–Trinajstić information content (AvgIpc) is 3.22. The van der Waals surface area contributed by atoms with Crippen molar-refractivity contribution in [1.29, 1.82) is 0 Å². The number of aromatic nitrogens is 4. The summed E-state index contributed by atoms with van der Waals surface area (Å²) in [7, 11) is 2.52. The van der Waals surface area contributed by atoms with E-state index < -0.39 is 11.9 Å². The first-order valence-corrected chi connectivity index (χ1v) is 7.31. The predicted molar refractivity (Wildman–Crippen MR) is 77.7 cm³/mol. The second-order valence-corrected chi connectivity index (χ2v) is 5.09. The minimum atomic E-state index is -0.543. The zero-order valence-corrected chi connectivity index (χ0v) is 13.5. The Morgan fingerprint density at radius 3 is 2.26 bits per heavy atom. The average molecular weight is 358 g/mol. The third kappa shape index (κ3) is 5.27. The van der Waals surface area contributed by atoms with Crippen molar-refractivity contribution in [2.75, 3.05) is 14.2 Å². The molecule has 2 rings (SSSR count). The lowest BCUT2D eigenvalue weighted by molar-refractivity contribution is -0.139. The molecule has 2 heterocycles. The van der Waals surface area contributed by atoms with Crippen LogP contribution < -0.4 is 0 Å². The SMILES string of the molecule is COC(=O)Cc1nnsc1C(=O)OC.O=Cc1nnsc1C=O. The fourth-order valence-electron chi connectivity index (χ4n) is 1.15. The highest BCUT2D eigenvalue weighted by Crippen LogP contribution is 2.12. The summed E-state index contributed by atoms with van der Waals surface area (Å²) in [6, 6.07) is 0. The van der Waals surface area contributed by atoms with Crippen molar-refractivity contribution in [2.45, 2.75) is 6.42 Å². The number of hydrogen-bond donors (Lipinski definition) is 0. The van der Waals surface area contributed by atoms with Gasteiger partial charge in [-0.05, 0) is 23.1 Å². The molecule has 0 saturated carbocycles. The normalized spacial score (nSPS) is 9.30. The first-order valence-electron chi connectivity index (χ1n) is 5.76. The van der Waals surface area contributed by atoms with Crippen LogP contribution in [0.2, 0.25) is 0 Å². The number of aldehydes is 2. The molecule has 23 heavy (non-hydrogen) atoms. The summed E-state index contributed by atoms with van der Waals surface area (Å²) in [5, 5.41) is 7.01. The Balaban J connectivity index is 0.000000253. The summed E-state index contributed by atoms with van der Waals surface area (Å²) >= 11 is 1.80. The van der Waals surface area contributed by atoms with Gasteiger partial charge >= 0.3 is 11.9 Å². The van der Waals surface area contributed by atoms with E-state index in [4.69, 9.17) is 0 Å². The maximum absolute atomic E-state index is 11.1. The molecular formula is C11H10N4O6S2. The van der Waals surface area contributed by atoms with E-state index in [1.165, 1.54) is 14.2 Å². The zero-order valence-electron chi connectivity index (χ0n) is 11.9. The van der Waals surface area contributed by atoms with Gasteiger partial charge in [0.1, 0.15) is 16.3 Å². The van der Waals surface area contributed by atoms with Gasteiger partial charge in [-0.3, -0.25) is 14.4 Å². The number of methoxy groups -OCH3 is 2. The topological polar surface area (TPSA) is 138 Å². The van der Waals surface area contributed by atoms with Gasteiger partial charge in [-0.1, -0.05) is 8.98 Å². The van der Waals surface area contributed by atoms with Gasteiger partial charge in [0.15, 0.2) is 17.4 Å². The second-order valence-electron chi connectivity index (χ2n) is 3.55. The third-order valence-electron chi connectivity index (χ3n) is 2.22. The molecule has 0 atom stereocenters. The van der Waals surface area contributed by atoms with Gasteiger partial charge in [0.05, 0.1) is 20.6 Å². The third-order valence-corrected chi connectivity index (χ3v) is 3.64. The molecule has 0 fully saturated rings. The number of esters is 2. The molecule has 0 aliphatic rings. The van der Waals surface area contributed by atoms with Crippen molar-refractivity contribution < 1.29 is 28.7 Å². The summed E-state index contributed by atoms with van der Waals surface area (Å²) in [4.78, 5) is 42.6. The number of nitrogens with zero attached hydrogens (tertiary/aromatic N) is 4. The van der Waals surface area contributed by atoms with Gasteiger partial charge in [0.2, 0.25) is 0 Å². The molecule has 0 bridgehead atoms. The summed E-state index contributed by atoms with van der Waals surface area (Å²) in [5.41, 5.74) is 0.406. The largest absolute Gasteiger partial charge is 0.469 e. The van der Waals surface area contributed by atoms with E-state index in [0.717, 1.165) is 23.1 Å². The van der Waals surface area contributed by atoms with Crippen molar-refractivity contribution in [2.24, 2.45) is 0 Å². The molecule has 0 aliphatic heterocycles. The second kappa shape index (κ2) is 9.42.